The minimum atomic E-state index is -0.626. The van der Waals surface area contributed by atoms with E-state index in [9.17, 15) is 9.90 Å². The number of allylic oxidation sites excluding steroid dienone is 1. The molecular weight excluding hydrogens is 152 g/mol. The van der Waals surface area contributed by atoms with E-state index in [-0.39, 0.29) is 5.78 Å². The SMILES string of the molecule is O=C1C=CC(O)c2ccccc21. The molecule has 0 aliphatic heterocycles. The van der Waals surface area contributed by atoms with E-state index in [1.807, 2.05) is 6.07 Å². The van der Waals surface area contributed by atoms with Gasteiger partial charge in [0.25, 0.3) is 0 Å². The summed E-state index contributed by atoms with van der Waals surface area (Å²) >= 11 is 0. The normalized spacial score (nSPS) is 20.8. The van der Waals surface area contributed by atoms with Crippen molar-refractivity contribution in [1.29, 1.82) is 0 Å². The molecule has 1 aliphatic rings. The van der Waals surface area contributed by atoms with Crippen molar-refractivity contribution in [3.63, 3.8) is 0 Å². The lowest BCUT2D eigenvalue weighted by Crippen LogP contribution is -2.09. The van der Waals surface area contributed by atoms with Gasteiger partial charge in [-0.3, -0.25) is 4.79 Å². The number of fused-ring (bicyclic) bond motifs is 1. The van der Waals surface area contributed by atoms with Crippen LogP contribution < -0.4 is 0 Å². The molecule has 0 saturated heterocycles. The van der Waals surface area contributed by atoms with Gasteiger partial charge in [0.1, 0.15) is 0 Å². The number of aliphatic hydroxyl groups excluding tert-OH is 1. The van der Waals surface area contributed by atoms with Crippen LogP contribution in [0.15, 0.2) is 36.4 Å². The van der Waals surface area contributed by atoms with Gasteiger partial charge in [-0.15, -0.1) is 0 Å². The largest absolute Gasteiger partial charge is 0.384 e. The first-order valence-corrected chi connectivity index (χ1v) is 3.78. The highest BCUT2D eigenvalue weighted by molar-refractivity contribution is 6.06. The number of ketones is 1. The van der Waals surface area contributed by atoms with Gasteiger partial charge in [0.15, 0.2) is 5.78 Å². The van der Waals surface area contributed by atoms with Crippen molar-refractivity contribution in [3.8, 4) is 0 Å². The number of hydrogen-bond donors (Lipinski definition) is 1. The molecule has 0 aromatic heterocycles. The molecule has 0 fully saturated rings. The zero-order valence-corrected chi connectivity index (χ0v) is 6.40. The second kappa shape index (κ2) is 2.57. The first-order valence-electron chi connectivity index (χ1n) is 3.78. The Balaban J connectivity index is 2.61. The molecule has 12 heavy (non-hydrogen) atoms. The predicted molar refractivity (Wildman–Crippen MR) is 44.9 cm³/mol. The maximum Gasteiger partial charge on any atom is 0.186 e. The van der Waals surface area contributed by atoms with Crippen molar-refractivity contribution in [2.75, 3.05) is 0 Å². The summed E-state index contributed by atoms with van der Waals surface area (Å²) in [4.78, 5) is 11.2. The lowest BCUT2D eigenvalue weighted by molar-refractivity contribution is 0.103. The van der Waals surface area contributed by atoms with Crippen molar-refractivity contribution in [1.82, 2.24) is 0 Å². The Morgan fingerprint density at radius 2 is 2.00 bits per heavy atom. The van der Waals surface area contributed by atoms with Gasteiger partial charge >= 0.3 is 0 Å². The summed E-state index contributed by atoms with van der Waals surface area (Å²) in [6.45, 7) is 0. The molecule has 1 atom stereocenters. The molecule has 1 unspecified atom stereocenters. The number of benzene rings is 1. The highest BCUT2D eigenvalue weighted by atomic mass is 16.3. The van der Waals surface area contributed by atoms with Crippen LogP contribution in [-0.2, 0) is 0 Å². The van der Waals surface area contributed by atoms with Crippen LogP contribution in [0.5, 0.6) is 0 Å². The summed E-state index contributed by atoms with van der Waals surface area (Å²) in [5.41, 5.74) is 1.30. The third-order valence-corrected chi connectivity index (χ3v) is 1.97. The van der Waals surface area contributed by atoms with Crippen molar-refractivity contribution >= 4 is 5.78 Å². The number of rotatable bonds is 0. The van der Waals surface area contributed by atoms with Crippen molar-refractivity contribution in [2.24, 2.45) is 0 Å². The Morgan fingerprint density at radius 3 is 2.75 bits per heavy atom. The molecule has 1 N–H and O–H groups in total. The van der Waals surface area contributed by atoms with Gasteiger partial charge in [0.05, 0.1) is 6.10 Å². The van der Waals surface area contributed by atoms with Crippen LogP contribution in [0.4, 0.5) is 0 Å². The van der Waals surface area contributed by atoms with E-state index < -0.39 is 6.10 Å². The second-order valence-corrected chi connectivity index (χ2v) is 2.76. The van der Waals surface area contributed by atoms with Gasteiger partial charge in [-0.2, -0.15) is 0 Å². The molecule has 0 bridgehead atoms. The zero-order valence-electron chi connectivity index (χ0n) is 6.40. The maximum atomic E-state index is 11.2. The molecule has 0 heterocycles. The van der Waals surface area contributed by atoms with Crippen LogP contribution >= 0.6 is 0 Å². The van der Waals surface area contributed by atoms with E-state index in [0.717, 1.165) is 0 Å². The Bertz CT molecular complexity index is 353. The highest BCUT2D eigenvalue weighted by Crippen LogP contribution is 2.23. The molecule has 2 nitrogen and oxygen atoms in total. The number of carbonyl (C=O) groups is 1. The maximum absolute atomic E-state index is 11.2. The molecule has 60 valence electrons. The summed E-state index contributed by atoms with van der Waals surface area (Å²) in [6, 6.07) is 7.10. The van der Waals surface area contributed by atoms with E-state index in [1.54, 1.807) is 18.2 Å². The highest BCUT2D eigenvalue weighted by Gasteiger charge is 2.17. The zero-order chi connectivity index (χ0) is 8.55. The van der Waals surface area contributed by atoms with E-state index in [0.29, 0.717) is 11.1 Å². The fourth-order valence-electron chi connectivity index (χ4n) is 1.35. The molecular formula is C10H8O2. The Morgan fingerprint density at radius 1 is 1.25 bits per heavy atom. The van der Waals surface area contributed by atoms with E-state index in [2.05, 4.69) is 0 Å². The Labute approximate surface area is 70.2 Å². The first kappa shape index (κ1) is 7.25. The minimum absolute atomic E-state index is 0.0316. The van der Waals surface area contributed by atoms with E-state index in [4.69, 9.17) is 0 Å². The molecule has 1 aliphatic carbocycles. The van der Waals surface area contributed by atoms with E-state index in [1.165, 1.54) is 12.2 Å². The minimum Gasteiger partial charge on any atom is -0.384 e. The van der Waals surface area contributed by atoms with Gasteiger partial charge in [0, 0.05) is 5.56 Å². The average molecular weight is 160 g/mol. The van der Waals surface area contributed by atoms with Crippen LogP contribution in [-0.4, -0.2) is 10.9 Å². The van der Waals surface area contributed by atoms with Crippen LogP contribution in [0.3, 0.4) is 0 Å². The summed E-state index contributed by atoms with van der Waals surface area (Å²) in [5.74, 6) is -0.0316. The van der Waals surface area contributed by atoms with Gasteiger partial charge < -0.3 is 5.11 Å². The molecule has 1 aromatic carbocycles. The molecule has 2 rings (SSSR count). The fraction of sp³-hybridized carbons (Fsp3) is 0.100. The summed E-state index contributed by atoms with van der Waals surface area (Å²) < 4.78 is 0. The van der Waals surface area contributed by atoms with Crippen LogP contribution in [0, 0.1) is 0 Å². The fourth-order valence-corrected chi connectivity index (χ4v) is 1.35. The lowest BCUT2D eigenvalue weighted by atomic mass is 9.94. The van der Waals surface area contributed by atoms with Gasteiger partial charge in [-0.05, 0) is 17.7 Å². The Kier molecular flexibility index (Phi) is 1.55. The third kappa shape index (κ3) is 0.970. The predicted octanol–water partition coefficient (Wildman–Crippen LogP) is 1.47. The molecule has 2 heteroatoms. The van der Waals surface area contributed by atoms with Crippen molar-refractivity contribution < 1.29 is 9.90 Å². The van der Waals surface area contributed by atoms with Gasteiger partial charge in [0.2, 0.25) is 0 Å². The molecule has 0 spiro atoms. The van der Waals surface area contributed by atoms with Crippen LogP contribution in [0.25, 0.3) is 0 Å². The van der Waals surface area contributed by atoms with Crippen LogP contribution in [0.2, 0.25) is 0 Å². The van der Waals surface area contributed by atoms with Crippen molar-refractivity contribution in [3.05, 3.63) is 47.5 Å². The number of aliphatic hydroxyl groups is 1. The quantitative estimate of drug-likeness (QED) is 0.624. The first-order chi connectivity index (χ1) is 5.79. The Hall–Kier alpha value is -1.41. The molecule has 0 amide bonds. The summed E-state index contributed by atoms with van der Waals surface area (Å²) in [7, 11) is 0. The lowest BCUT2D eigenvalue weighted by Gasteiger charge is -2.14. The number of hydrogen-bond acceptors (Lipinski definition) is 2. The summed E-state index contributed by atoms with van der Waals surface area (Å²) in [5, 5.41) is 9.44. The third-order valence-electron chi connectivity index (χ3n) is 1.97. The number of carbonyl (C=O) groups excluding carboxylic acids is 1. The summed E-state index contributed by atoms with van der Waals surface area (Å²) in [6.07, 6.45) is 2.29. The van der Waals surface area contributed by atoms with Crippen molar-refractivity contribution in [2.45, 2.75) is 6.10 Å². The molecule has 0 radical (unpaired) electrons. The van der Waals surface area contributed by atoms with Crippen LogP contribution in [0.1, 0.15) is 22.0 Å². The van der Waals surface area contributed by atoms with Gasteiger partial charge in [-0.25, -0.2) is 0 Å². The molecule has 1 aromatic rings. The topological polar surface area (TPSA) is 37.3 Å². The monoisotopic (exact) mass is 160 g/mol. The second-order valence-electron chi connectivity index (χ2n) is 2.76. The smallest absolute Gasteiger partial charge is 0.186 e. The average Bonchev–Trinajstić information content (AvgIpc) is 2.12. The van der Waals surface area contributed by atoms with E-state index >= 15 is 0 Å². The molecule has 0 saturated carbocycles. The standard InChI is InChI=1S/C10H8O2/c11-9-5-6-10(12)8-4-2-1-3-7(8)9/h1-6,9,11H. The van der Waals surface area contributed by atoms with Gasteiger partial charge in [-0.1, -0.05) is 24.3 Å².